The van der Waals surface area contributed by atoms with Crippen LogP contribution in [-0.2, 0) is 0 Å². The fraction of sp³-hybridized carbons (Fsp3) is 0.556. The fourth-order valence-electron chi connectivity index (χ4n) is 3.12. The summed E-state index contributed by atoms with van der Waals surface area (Å²) >= 11 is 0. The zero-order valence-corrected chi connectivity index (χ0v) is 14.7. The molecule has 2 rings (SSSR count). The zero-order valence-electron chi connectivity index (χ0n) is 13.9. The molecule has 0 amide bonds. The molecule has 1 heterocycles. The molecule has 0 bridgehead atoms. The molecular formula is C18H28ClFN2O. The third kappa shape index (κ3) is 5.79. The molecule has 0 radical (unpaired) electrons. The number of unbranched alkanes of at least 4 members (excludes halogenated alkanes) is 2. The van der Waals surface area contributed by atoms with Crippen LogP contribution in [0.5, 0.6) is 5.75 Å². The summed E-state index contributed by atoms with van der Waals surface area (Å²) in [6, 6.07) is 5.06. The summed E-state index contributed by atoms with van der Waals surface area (Å²) in [6.45, 7) is 7.73. The van der Waals surface area contributed by atoms with Crippen LogP contribution >= 0.6 is 12.4 Å². The van der Waals surface area contributed by atoms with Gasteiger partial charge >= 0.3 is 0 Å². The highest BCUT2D eigenvalue weighted by Crippen LogP contribution is 2.34. The predicted octanol–water partition coefficient (Wildman–Crippen LogP) is 3.95. The van der Waals surface area contributed by atoms with E-state index in [2.05, 4.69) is 16.8 Å². The molecule has 5 heteroatoms. The second kappa shape index (κ2) is 10.6. The van der Waals surface area contributed by atoms with Crippen molar-refractivity contribution in [1.82, 2.24) is 10.2 Å². The lowest BCUT2D eigenvalue weighted by molar-refractivity contribution is 0.160. The van der Waals surface area contributed by atoms with Crippen LogP contribution in [-0.4, -0.2) is 38.2 Å². The number of nitrogens with zero attached hydrogens (tertiary/aromatic N) is 1. The van der Waals surface area contributed by atoms with E-state index in [-0.39, 0.29) is 24.3 Å². The minimum atomic E-state index is -0.193. The fourth-order valence-corrected chi connectivity index (χ4v) is 3.12. The maximum atomic E-state index is 13.8. The Bertz CT molecular complexity index is 478. The summed E-state index contributed by atoms with van der Waals surface area (Å²) in [5, 5.41) is 3.38. The number of ether oxygens (including phenoxy) is 1. The second-order valence-corrected chi connectivity index (χ2v) is 5.76. The Balaban J connectivity index is 0.00000264. The van der Waals surface area contributed by atoms with Crippen molar-refractivity contribution in [3.8, 4) is 5.75 Å². The molecule has 1 aromatic carbocycles. The van der Waals surface area contributed by atoms with Crippen molar-refractivity contribution in [3.63, 3.8) is 0 Å². The van der Waals surface area contributed by atoms with Crippen molar-refractivity contribution in [2.45, 2.75) is 31.7 Å². The molecule has 1 atom stereocenters. The van der Waals surface area contributed by atoms with Gasteiger partial charge in [-0.15, -0.1) is 19.0 Å². The van der Waals surface area contributed by atoms with Crippen molar-refractivity contribution in [2.75, 3.05) is 33.3 Å². The summed E-state index contributed by atoms with van der Waals surface area (Å²) in [6.07, 6.45) is 6.26. The molecule has 0 aliphatic carbocycles. The Morgan fingerprint density at radius 2 is 2.09 bits per heavy atom. The first-order valence-electron chi connectivity index (χ1n) is 8.15. The molecule has 1 aromatic rings. The van der Waals surface area contributed by atoms with Crippen LogP contribution in [0.4, 0.5) is 4.39 Å². The minimum absolute atomic E-state index is 0. The van der Waals surface area contributed by atoms with Gasteiger partial charge in [0, 0.05) is 37.8 Å². The van der Waals surface area contributed by atoms with Crippen molar-refractivity contribution in [1.29, 1.82) is 0 Å². The number of piperazine rings is 1. The first kappa shape index (κ1) is 19.9. The van der Waals surface area contributed by atoms with Gasteiger partial charge in [-0.2, -0.15) is 0 Å². The molecule has 1 aliphatic rings. The number of rotatable bonds is 8. The molecule has 1 aliphatic heterocycles. The molecule has 0 saturated carbocycles. The Kier molecular flexibility index (Phi) is 9.22. The number of methoxy groups -OCH3 is 1. The highest BCUT2D eigenvalue weighted by molar-refractivity contribution is 5.85. The summed E-state index contributed by atoms with van der Waals surface area (Å²) in [5.41, 5.74) is 0.975. The van der Waals surface area contributed by atoms with Crippen LogP contribution in [0.25, 0.3) is 0 Å². The van der Waals surface area contributed by atoms with E-state index in [4.69, 9.17) is 4.74 Å². The molecule has 23 heavy (non-hydrogen) atoms. The van der Waals surface area contributed by atoms with E-state index in [9.17, 15) is 4.39 Å². The van der Waals surface area contributed by atoms with E-state index in [1.165, 1.54) is 6.07 Å². The van der Waals surface area contributed by atoms with E-state index in [0.717, 1.165) is 63.2 Å². The number of halogens is 2. The SMILES string of the molecule is C=CCCCC[C@H](c1cc(F)ccc1OC)N1CCNCC1.Cl. The summed E-state index contributed by atoms with van der Waals surface area (Å²) < 4.78 is 19.2. The monoisotopic (exact) mass is 342 g/mol. The number of hydrogen-bond acceptors (Lipinski definition) is 3. The van der Waals surface area contributed by atoms with Gasteiger partial charge in [0.05, 0.1) is 7.11 Å². The van der Waals surface area contributed by atoms with Crippen LogP contribution < -0.4 is 10.1 Å². The molecule has 1 fully saturated rings. The van der Waals surface area contributed by atoms with E-state index in [0.29, 0.717) is 0 Å². The Morgan fingerprint density at radius 3 is 2.74 bits per heavy atom. The lowest BCUT2D eigenvalue weighted by Crippen LogP contribution is -2.45. The highest BCUT2D eigenvalue weighted by Gasteiger charge is 2.24. The standard InChI is InChI=1S/C18H27FN2O.ClH/c1-3-4-5-6-7-17(21-12-10-20-11-13-21)16-14-15(19)8-9-18(16)22-2;/h3,8-9,14,17,20H,1,4-7,10-13H2,2H3;1H/t17-;/m1./s1. The van der Waals surface area contributed by atoms with Gasteiger partial charge < -0.3 is 10.1 Å². The topological polar surface area (TPSA) is 24.5 Å². The van der Waals surface area contributed by atoms with Crippen molar-refractivity contribution >= 4 is 12.4 Å². The molecular weight excluding hydrogens is 315 g/mol. The smallest absolute Gasteiger partial charge is 0.123 e. The van der Waals surface area contributed by atoms with E-state index < -0.39 is 0 Å². The summed E-state index contributed by atoms with van der Waals surface area (Å²) in [5.74, 6) is 0.593. The molecule has 3 nitrogen and oxygen atoms in total. The van der Waals surface area contributed by atoms with Gasteiger partial charge in [-0.1, -0.05) is 12.5 Å². The van der Waals surface area contributed by atoms with Crippen LogP contribution in [0.15, 0.2) is 30.9 Å². The van der Waals surface area contributed by atoms with Crippen LogP contribution in [0, 0.1) is 5.82 Å². The first-order chi connectivity index (χ1) is 10.8. The maximum Gasteiger partial charge on any atom is 0.123 e. The number of allylic oxidation sites excluding steroid dienone is 1. The average Bonchev–Trinajstić information content (AvgIpc) is 2.56. The van der Waals surface area contributed by atoms with Gasteiger partial charge in [-0.05, 0) is 37.5 Å². The highest BCUT2D eigenvalue weighted by atomic mass is 35.5. The Hall–Kier alpha value is -1.10. The predicted molar refractivity (Wildman–Crippen MR) is 96.0 cm³/mol. The Labute approximate surface area is 145 Å². The largest absolute Gasteiger partial charge is 0.496 e. The van der Waals surface area contributed by atoms with Gasteiger partial charge in [-0.3, -0.25) is 4.90 Å². The normalized spacial score (nSPS) is 16.4. The third-order valence-corrected chi connectivity index (χ3v) is 4.28. The third-order valence-electron chi connectivity index (χ3n) is 4.28. The number of hydrogen-bond donors (Lipinski definition) is 1. The van der Waals surface area contributed by atoms with E-state index >= 15 is 0 Å². The molecule has 0 spiro atoms. The lowest BCUT2D eigenvalue weighted by atomic mass is 9.97. The van der Waals surface area contributed by atoms with Crippen molar-refractivity contribution < 1.29 is 9.13 Å². The maximum absolute atomic E-state index is 13.8. The van der Waals surface area contributed by atoms with Gasteiger partial charge in [0.1, 0.15) is 11.6 Å². The number of nitrogens with one attached hydrogen (secondary N) is 1. The zero-order chi connectivity index (χ0) is 15.8. The van der Waals surface area contributed by atoms with Crippen molar-refractivity contribution in [2.24, 2.45) is 0 Å². The number of benzene rings is 1. The van der Waals surface area contributed by atoms with E-state index in [1.807, 2.05) is 6.08 Å². The minimum Gasteiger partial charge on any atom is -0.496 e. The van der Waals surface area contributed by atoms with Crippen LogP contribution in [0.3, 0.4) is 0 Å². The van der Waals surface area contributed by atoms with Gasteiger partial charge in [0.15, 0.2) is 0 Å². The summed E-state index contributed by atoms with van der Waals surface area (Å²) in [7, 11) is 1.66. The lowest BCUT2D eigenvalue weighted by Gasteiger charge is -2.36. The van der Waals surface area contributed by atoms with E-state index in [1.54, 1.807) is 19.2 Å². The molecule has 1 saturated heterocycles. The molecule has 0 unspecified atom stereocenters. The quantitative estimate of drug-likeness (QED) is 0.572. The second-order valence-electron chi connectivity index (χ2n) is 5.76. The van der Waals surface area contributed by atoms with Gasteiger partial charge in [0.25, 0.3) is 0 Å². The van der Waals surface area contributed by atoms with Crippen LogP contribution in [0.1, 0.15) is 37.3 Å². The first-order valence-corrected chi connectivity index (χ1v) is 8.15. The molecule has 0 aromatic heterocycles. The summed E-state index contributed by atoms with van der Waals surface area (Å²) in [4.78, 5) is 2.45. The van der Waals surface area contributed by atoms with Crippen LogP contribution in [0.2, 0.25) is 0 Å². The molecule has 1 N–H and O–H groups in total. The van der Waals surface area contributed by atoms with Gasteiger partial charge in [-0.25, -0.2) is 4.39 Å². The Morgan fingerprint density at radius 1 is 1.35 bits per heavy atom. The average molecular weight is 343 g/mol. The van der Waals surface area contributed by atoms with Crippen molar-refractivity contribution in [3.05, 3.63) is 42.2 Å². The molecule has 130 valence electrons. The van der Waals surface area contributed by atoms with Gasteiger partial charge in [0.2, 0.25) is 0 Å².